The van der Waals surface area contributed by atoms with Crippen LogP contribution in [0, 0.1) is 10.8 Å². The van der Waals surface area contributed by atoms with Crippen LogP contribution in [0.4, 0.5) is 0 Å². The van der Waals surface area contributed by atoms with Gasteiger partial charge in [-0.1, -0.05) is 47.1 Å². The number of hydrogen-bond donors (Lipinski definition) is 0. The Kier molecular flexibility index (Phi) is 2.89. The van der Waals surface area contributed by atoms with Crippen molar-refractivity contribution < 1.29 is 0 Å². The van der Waals surface area contributed by atoms with Crippen LogP contribution in [-0.4, -0.2) is 12.8 Å². The minimum absolute atomic E-state index is 0.264. The Hall–Kier alpha value is -0.590. The molecule has 0 atom stereocenters. The Morgan fingerprint density at radius 2 is 1.43 bits per heavy atom. The third-order valence-corrected chi connectivity index (χ3v) is 2.85. The van der Waals surface area contributed by atoms with E-state index in [-0.39, 0.29) is 10.8 Å². The van der Waals surface area contributed by atoms with Crippen molar-refractivity contribution in [2.75, 3.05) is 6.54 Å². The van der Waals surface area contributed by atoms with Crippen LogP contribution in [0.25, 0.3) is 0 Å². The number of nitrogens with zero attached hydrogens (tertiary/aromatic N) is 1. The van der Waals surface area contributed by atoms with Gasteiger partial charge >= 0.3 is 0 Å². The lowest BCUT2D eigenvalue weighted by atomic mass is 9.73. The molecule has 0 saturated carbocycles. The van der Waals surface area contributed by atoms with Crippen LogP contribution in [0.5, 0.6) is 0 Å². The second kappa shape index (κ2) is 3.52. The summed E-state index contributed by atoms with van der Waals surface area (Å²) in [6.07, 6.45) is 3.10. The van der Waals surface area contributed by atoms with Gasteiger partial charge in [0.2, 0.25) is 0 Å². The molecular formula is C13H23N. The van der Waals surface area contributed by atoms with Gasteiger partial charge in [0, 0.05) is 12.6 Å². The molecule has 0 radical (unpaired) electrons. The SMILES string of the molecule is CC(C)(C)C1=C(C(C)(C)C)CN=CC1. The van der Waals surface area contributed by atoms with Gasteiger partial charge in [-0.25, -0.2) is 0 Å². The van der Waals surface area contributed by atoms with Crippen molar-refractivity contribution >= 4 is 6.21 Å². The highest BCUT2D eigenvalue weighted by Crippen LogP contribution is 2.39. The van der Waals surface area contributed by atoms with Gasteiger partial charge in [-0.15, -0.1) is 0 Å². The molecule has 0 amide bonds. The van der Waals surface area contributed by atoms with E-state index < -0.39 is 0 Å². The molecule has 0 spiro atoms. The molecule has 1 rings (SSSR count). The molecule has 1 nitrogen and oxygen atoms in total. The normalized spacial score (nSPS) is 19.0. The highest BCUT2D eigenvalue weighted by Gasteiger charge is 2.28. The van der Waals surface area contributed by atoms with Gasteiger partial charge in [0.25, 0.3) is 0 Å². The minimum atomic E-state index is 0.264. The quantitative estimate of drug-likeness (QED) is 0.518. The van der Waals surface area contributed by atoms with Gasteiger partial charge in [0.15, 0.2) is 0 Å². The number of dihydropyridines is 1. The maximum Gasteiger partial charge on any atom is 0.0603 e. The summed E-state index contributed by atoms with van der Waals surface area (Å²) >= 11 is 0. The molecule has 0 N–H and O–H groups in total. The van der Waals surface area contributed by atoms with Crippen LogP contribution in [0.15, 0.2) is 16.1 Å². The summed E-state index contributed by atoms with van der Waals surface area (Å²) in [4.78, 5) is 4.41. The highest BCUT2D eigenvalue weighted by molar-refractivity contribution is 5.65. The first-order valence-electron chi connectivity index (χ1n) is 5.44. The maximum absolute atomic E-state index is 4.41. The molecule has 0 aromatic rings. The van der Waals surface area contributed by atoms with Gasteiger partial charge in [-0.2, -0.15) is 0 Å². The van der Waals surface area contributed by atoms with Crippen LogP contribution in [0.3, 0.4) is 0 Å². The van der Waals surface area contributed by atoms with E-state index in [0.29, 0.717) is 0 Å². The molecule has 1 heterocycles. The first-order chi connectivity index (χ1) is 6.23. The van der Waals surface area contributed by atoms with E-state index in [1.54, 1.807) is 5.57 Å². The molecule has 1 heteroatoms. The fraction of sp³-hybridized carbons (Fsp3) is 0.769. The van der Waals surface area contributed by atoms with Gasteiger partial charge < -0.3 is 0 Å². The molecule has 1 aliphatic heterocycles. The predicted octanol–water partition coefficient (Wildman–Crippen LogP) is 3.85. The molecule has 14 heavy (non-hydrogen) atoms. The van der Waals surface area contributed by atoms with Crippen molar-refractivity contribution in [2.45, 2.75) is 48.0 Å². The molecular weight excluding hydrogens is 170 g/mol. The van der Waals surface area contributed by atoms with E-state index in [1.165, 1.54) is 5.57 Å². The monoisotopic (exact) mass is 193 g/mol. The number of aliphatic imine (C=N–C) groups is 1. The van der Waals surface area contributed by atoms with Crippen LogP contribution in [0.1, 0.15) is 48.0 Å². The number of allylic oxidation sites excluding steroid dienone is 1. The molecule has 0 aromatic heterocycles. The predicted molar refractivity (Wildman–Crippen MR) is 63.9 cm³/mol. The molecule has 0 unspecified atom stereocenters. The molecule has 0 aliphatic carbocycles. The largest absolute Gasteiger partial charge is 0.293 e. The summed E-state index contributed by atoms with van der Waals surface area (Å²) in [6.45, 7) is 14.7. The van der Waals surface area contributed by atoms with Gasteiger partial charge in [0.1, 0.15) is 0 Å². The van der Waals surface area contributed by atoms with Crippen molar-refractivity contribution in [2.24, 2.45) is 15.8 Å². The van der Waals surface area contributed by atoms with Crippen LogP contribution in [0.2, 0.25) is 0 Å². The van der Waals surface area contributed by atoms with E-state index in [1.807, 2.05) is 0 Å². The second-order valence-electron chi connectivity index (χ2n) is 6.18. The molecule has 80 valence electrons. The zero-order valence-electron chi connectivity index (χ0n) is 10.4. The van der Waals surface area contributed by atoms with Crippen LogP contribution in [-0.2, 0) is 0 Å². The Morgan fingerprint density at radius 1 is 0.929 bits per heavy atom. The van der Waals surface area contributed by atoms with Crippen molar-refractivity contribution in [1.29, 1.82) is 0 Å². The van der Waals surface area contributed by atoms with E-state index in [9.17, 15) is 0 Å². The molecule has 0 fully saturated rings. The zero-order chi connectivity index (χ0) is 11.0. The van der Waals surface area contributed by atoms with Crippen molar-refractivity contribution in [3.8, 4) is 0 Å². The van der Waals surface area contributed by atoms with E-state index in [4.69, 9.17) is 0 Å². The summed E-state index contributed by atoms with van der Waals surface area (Å²) in [7, 11) is 0. The fourth-order valence-corrected chi connectivity index (χ4v) is 1.98. The van der Waals surface area contributed by atoms with Crippen LogP contribution >= 0.6 is 0 Å². The summed E-state index contributed by atoms with van der Waals surface area (Å²) in [5, 5.41) is 0. The van der Waals surface area contributed by atoms with E-state index >= 15 is 0 Å². The zero-order valence-corrected chi connectivity index (χ0v) is 10.4. The Morgan fingerprint density at radius 3 is 1.79 bits per heavy atom. The average Bonchev–Trinajstić information content (AvgIpc) is 2.01. The highest BCUT2D eigenvalue weighted by atomic mass is 14.7. The third-order valence-electron chi connectivity index (χ3n) is 2.85. The van der Waals surface area contributed by atoms with E-state index in [0.717, 1.165) is 13.0 Å². The first kappa shape index (κ1) is 11.5. The van der Waals surface area contributed by atoms with Crippen molar-refractivity contribution in [1.82, 2.24) is 0 Å². The maximum atomic E-state index is 4.41. The van der Waals surface area contributed by atoms with Gasteiger partial charge in [-0.3, -0.25) is 4.99 Å². The first-order valence-corrected chi connectivity index (χ1v) is 5.44. The standard InChI is InChI=1S/C13H23N/c1-12(2,3)10-7-8-14-9-11(10)13(4,5)6/h8H,7,9H2,1-6H3. The minimum Gasteiger partial charge on any atom is -0.293 e. The molecule has 0 bridgehead atoms. The summed E-state index contributed by atoms with van der Waals surface area (Å²) in [5.74, 6) is 0. The number of hydrogen-bond acceptors (Lipinski definition) is 1. The Balaban J connectivity index is 3.12. The molecule has 1 aliphatic rings. The topological polar surface area (TPSA) is 12.4 Å². The molecule has 0 aromatic carbocycles. The Labute approximate surface area is 88.3 Å². The summed E-state index contributed by atoms with van der Waals surface area (Å²) in [5.41, 5.74) is 3.67. The van der Waals surface area contributed by atoms with Crippen molar-refractivity contribution in [3.05, 3.63) is 11.1 Å². The lowest BCUT2D eigenvalue weighted by Gasteiger charge is -2.34. The third kappa shape index (κ3) is 2.46. The second-order valence-corrected chi connectivity index (χ2v) is 6.18. The molecule has 0 saturated heterocycles. The summed E-state index contributed by atoms with van der Waals surface area (Å²) < 4.78 is 0. The fourth-order valence-electron chi connectivity index (χ4n) is 1.98. The number of rotatable bonds is 0. The lowest BCUT2D eigenvalue weighted by Crippen LogP contribution is -2.24. The lowest BCUT2D eigenvalue weighted by molar-refractivity contribution is 0.431. The van der Waals surface area contributed by atoms with Crippen LogP contribution < -0.4 is 0 Å². The Bertz CT molecular complexity index is 241. The average molecular weight is 193 g/mol. The van der Waals surface area contributed by atoms with Gasteiger partial charge in [0.05, 0.1) is 6.54 Å². The summed E-state index contributed by atoms with van der Waals surface area (Å²) in [6, 6.07) is 0. The smallest absolute Gasteiger partial charge is 0.0603 e. The van der Waals surface area contributed by atoms with Gasteiger partial charge in [-0.05, 0) is 16.4 Å². The van der Waals surface area contributed by atoms with E-state index in [2.05, 4.69) is 52.7 Å². The van der Waals surface area contributed by atoms with Crippen molar-refractivity contribution in [3.63, 3.8) is 0 Å².